The lowest BCUT2D eigenvalue weighted by atomic mass is 10.2. The van der Waals surface area contributed by atoms with Gasteiger partial charge in [-0.25, -0.2) is 0 Å². The summed E-state index contributed by atoms with van der Waals surface area (Å²) in [5, 5.41) is 5.48. The molecule has 0 radical (unpaired) electrons. The van der Waals surface area contributed by atoms with E-state index in [0.29, 0.717) is 16.9 Å². The van der Waals surface area contributed by atoms with E-state index in [-0.39, 0.29) is 23.3 Å². The molecular weight excluding hydrogens is 376 g/mol. The molecule has 0 saturated heterocycles. The molecule has 6 nitrogen and oxygen atoms in total. The summed E-state index contributed by atoms with van der Waals surface area (Å²) in [6.45, 7) is 0.351. The average molecular weight is 389 g/mol. The Kier molecular flexibility index (Phi) is 4.81. The summed E-state index contributed by atoms with van der Waals surface area (Å²) >= 11 is 3.15. The second-order valence-electron chi connectivity index (χ2n) is 4.91. The molecule has 0 aliphatic heterocycles. The van der Waals surface area contributed by atoms with Crippen LogP contribution in [0.15, 0.2) is 68.3 Å². The van der Waals surface area contributed by atoms with Gasteiger partial charge in [-0.05, 0) is 57.9 Å². The number of carbonyl (C=O) groups is 2. The number of nitrogens with one attached hydrogen (secondary N) is 2. The fourth-order valence-electron chi connectivity index (χ4n) is 2.01. The van der Waals surface area contributed by atoms with Crippen molar-refractivity contribution in [1.82, 2.24) is 5.32 Å². The molecule has 0 bridgehead atoms. The first-order valence-corrected chi connectivity index (χ1v) is 7.88. The average Bonchev–Trinajstić information content (AvgIpc) is 3.25. The van der Waals surface area contributed by atoms with Crippen molar-refractivity contribution in [3.05, 3.63) is 76.5 Å². The minimum absolute atomic E-state index is 0.240. The van der Waals surface area contributed by atoms with E-state index < -0.39 is 0 Å². The zero-order valence-corrected chi connectivity index (χ0v) is 14.0. The van der Waals surface area contributed by atoms with Crippen molar-refractivity contribution < 1.29 is 18.4 Å². The van der Waals surface area contributed by atoms with Gasteiger partial charge in [0.2, 0.25) is 0 Å². The second kappa shape index (κ2) is 7.18. The van der Waals surface area contributed by atoms with E-state index in [0.717, 1.165) is 5.56 Å². The maximum atomic E-state index is 11.9. The third-order valence-electron chi connectivity index (χ3n) is 3.21. The van der Waals surface area contributed by atoms with Crippen LogP contribution in [0.4, 0.5) is 5.69 Å². The van der Waals surface area contributed by atoms with Gasteiger partial charge < -0.3 is 19.5 Å². The highest BCUT2D eigenvalue weighted by molar-refractivity contribution is 9.10. The van der Waals surface area contributed by atoms with Gasteiger partial charge in [0.25, 0.3) is 11.8 Å². The number of halogens is 1. The molecular formula is C17H13BrN2O4. The van der Waals surface area contributed by atoms with E-state index in [1.54, 1.807) is 36.4 Å². The van der Waals surface area contributed by atoms with Crippen LogP contribution in [0.2, 0.25) is 0 Å². The molecule has 2 N–H and O–H groups in total. The van der Waals surface area contributed by atoms with Crippen LogP contribution in [0.25, 0.3) is 0 Å². The molecule has 0 spiro atoms. The number of hydrogen-bond donors (Lipinski definition) is 2. The zero-order chi connectivity index (χ0) is 16.9. The Morgan fingerprint density at radius 2 is 1.75 bits per heavy atom. The highest BCUT2D eigenvalue weighted by Crippen LogP contribution is 2.15. The van der Waals surface area contributed by atoms with Gasteiger partial charge in [-0.2, -0.15) is 0 Å². The van der Waals surface area contributed by atoms with Crippen LogP contribution < -0.4 is 10.6 Å². The topological polar surface area (TPSA) is 84.5 Å². The normalized spacial score (nSPS) is 10.4. The van der Waals surface area contributed by atoms with Crippen molar-refractivity contribution in [3.8, 4) is 0 Å². The predicted octanol–water partition coefficient (Wildman–Crippen LogP) is 3.82. The van der Waals surface area contributed by atoms with Gasteiger partial charge in [0.05, 0.1) is 6.26 Å². The highest BCUT2D eigenvalue weighted by Gasteiger charge is 2.10. The van der Waals surface area contributed by atoms with Crippen molar-refractivity contribution in [2.45, 2.75) is 6.54 Å². The fraction of sp³-hybridized carbons (Fsp3) is 0.0588. The summed E-state index contributed by atoms with van der Waals surface area (Å²) in [6, 6.07) is 13.6. The number of rotatable bonds is 5. The molecule has 3 rings (SSSR count). The number of hydrogen-bond acceptors (Lipinski definition) is 4. The molecule has 0 aliphatic carbocycles. The van der Waals surface area contributed by atoms with Crippen LogP contribution in [0.5, 0.6) is 0 Å². The molecule has 0 aliphatic rings. The standard InChI is InChI=1S/C17H13BrN2O4/c18-15-8-7-14(24-15)16(21)19-10-11-3-5-12(6-4-11)20-17(22)13-2-1-9-23-13/h1-9H,10H2,(H,19,21)(H,20,22). The molecule has 2 aromatic heterocycles. The Labute approximate surface area is 146 Å². The first kappa shape index (κ1) is 16.1. The summed E-state index contributed by atoms with van der Waals surface area (Å²) in [7, 11) is 0. The Balaban J connectivity index is 1.54. The third-order valence-corrected chi connectivity index (χ3v) is 3.63. The number of furan rings is 2. The smallest absolute Gasteiger partial charge is 0.291 e. The monoisotopic (exact) mass is 388 g/mol. The molecule has 24 heavy (non-hydrogen) atoms. The number of benzene rings is 1. The predicted molar refractivity (Wildman–Crippen MR) is 90.7 cm³/mol. The van der Waals surface area contributed by atoms with Gasteiger partial charge >= 0.3 is 0 Å². The van der Waals surface area contributed by atoms with Crippen LogP contribution >= 0.6 is 15.9 Å². The van der Waals surface area contributed by atoms with Crippen LogP contribution in [-0.2, 0) is 6.54 Å². The third kappa shape index (κ3) is 3.94. The number of anilines is 1. The lowest BCUT2D eigenvalue weighted by molar-refractivity contribution is 0.0921. The number of carbonyl (C=O) groups excluding carboxylic acids is 2. The highest BCUT2D eigenvalue weighted by atomic mass is 79.9. The molecule has 1 aromatic carbocycles. The zero-order valence-electron chi connectivity index (χ0n) is 12.4. The lowest BCUT2D eigenvalue weighted by Gasteiger charge is -2.06. The van der Waals surface area contributed by atoms with E-state index in [1.807, 2.05) is 12.1 Å². The SMILES string of the molecule is O=C(Nc1ccc(CNC(=O)c2ccc(Br)o2)cc1)c1ccco1. The van der Waals surface area contributed by atoms with E-state index in [1.165, 1.54) is 6.26 Å². The van der Waals surface area contributed by atoms with Gasteiger partial charge in [-0.1, -0.05) is 12.1 Å². The molecule has 7 heteroatoms. The van der Waals surface area contributed by atoms with Crippen molar-refractivity contribution in [1.29, 1.82) is 0 Å². The minimum atomic E-state index is -0.315. The molecule has 0 saturated carbocycles. The van der Waals surface area contributed by atoms with Crippen molar-refractivity contribution in [3.63, 3.8) is 0 Å². The van der Waals surface area contributed by atoms with Gasteiger partial charge in [0.15, 0.2) is 16.2 Å². The van der Waals surface area contributed by atoms with Gasteiger partial charge in [-0.3, -0.25) is 9.59 Å². The quantitative estimate of drug-likeness (QED) is 0.695. The van der Waals surface area contributed by atoms with Crippen molar-refractivity contribution in [2.75, 3.05) is 5.32 Å². The number of amides is 2. The molecule has 0 fully saturated rings. The van der Waals surface area contributed by atoms with E-state index in [4.69, 9.17) is 8.83 Å². The summed E-state index contributed by atoms with van der Waals surface area (Å²) < 4.78 is 10.7. The Hall–Kier alpha value is -2.80. The van der Waals surface area contributed by atoms with Crippen LogP contribution in [0, 0.1) is 0 Å². The Bertz CT molecular complexity index is 838. The van der Waals surface area contributed by atoms with Crippen LogP contribution in [0.3, 0.4) is 0 Å². The maximum Gasteiger partial charge on any atom is 0.291 e. The summed E-state index contributed by atoms with van der Waals surface area (Å²) in [5.74, 6) is -0.125. The van der Waals surface area contributed by atoms with Crippen LogP contribution in [-0.4, -0.2) is 11.8 Å². The summed E-state index contributed by atoms with van der Waals surface area (Å²) in [5.41, 5.74) is 1.53. The van der Waals surface area contributed by atoms with Crippen LogP contribution in [0.1, 0.15) is 26.7 Å². The molecule has 3 aromatic rings. The van der Waals surface area contributed by atoms with Crippen molar-refractivity contribution >= 4 is 33.4 Å². The second-order valence-corrected chi connectivity index (χ2v) is 5.70. The van der Waals surface area contributed by atoms with E-state index >= 15 is 0 Å². The molecule has 0 unspecified atom stereocenters. The summed E-state index contributed by atoms with van der Waals surface area (Å²) in [6.07, 6.45) is 1.44. The van der Waals surface area contributed by atoms with E-state index in [2.05, 4.69) is 26.6 Å². The van der Waals surface area contributed by atoms with Gasteiger partial charge in [-0.15, -0.1) is 0 Å². The fourth-order valence-corrected chi connectivity index (χ4v) is 2.32. The molecule has 122 valence electrons. The lowest BCUT2D eigenvalue weighted by Crippen LogP contribution is -2.22. The molecule has 2 heterocycles. The Morgan fingerprint density at radius 1 is 0.958 bits per heavy atom. The largest absolute Gasteiger partial charge is 0.459 e. The van der Waals surface area contributed by atoms with Gasteiger partial charge in [0, 0.05) is 12.2 Å². The Morgan fingerprint density at radius 3 is 2.38 bits per heavy atom. The molecule has 2 amide bonds. The maximum absolute atomic E-state index is 11.9. The van der Waals surface area contributed by atoms with Crippen molar-refractivity contribution in [2.24, 2.45) is 0 Å². The first-order valence-electron chi connectivity index (χ1n) is 7.09. The molecule has 0 atom stereocenters. The first-order chi connectivity index (χ1) is 11.6. The summed E-state index contributed by atoms with van der Waals surface area (Å²) in [4.78, 5) is 23.7. The minimum Gasteiger partial charge on any atom is -0.459 e. The van der Waals surface area contributed by atoms with E-state index in [9.17, 15) is 9.59 Å². The van der Waals surface area contributed by atoms with Gasteiger partial charge in [0.1, 0.15) is 0 Å².